The van der Waals surface area contributed by atoms with E-state index in [1.807, 2.05) is 32.2 Å². The van der Waals surface area contributed by atoms with E-state index in [4.69, 9.17) is 21.3 Å². The van der Waals surface area contributed by atoms with E-state index in [-0.39, 0.29) is 5.91 Å². The lowest BCUT2D eigenvalue weighted by molar-refractivity contribution is -0.886. The molecule has 2 aromatic rings. The highest BCUT2D eigenvalue weighted by molar-refractivity contribution is 6.32. The Kier molecular flexibility index (Phi) is 5.21. The van der Waals surface area contributed by atoms with Crippen molar-refractivity contribution in [2.75, 3.05) is 18.9 Å². The minimum atomic E-state index is -0.124. The SMILES string of the molecule is Cc1ccc(C[NH+](C)CC(=O)Nc2ccc(C#N)c(Cl)c2)o1. The van der Waals surface area contributed by atoms with E-state index in [2.05, 4.69) is 5.32 Å². The van der Waals surface area contributed by atoms with Gasteiger partial charge in [-0.1, -0.05) is 11.6 Å². The molecule has 1 unspecified atom stereocenters. The summed E-state index contributed by atoms with van der Waals surface area (Å²) in [6.07, 6.45) is 0. The highest BCUT2D eigenvalue weighted by atomic mass is 35.5. The molecule has 0 fully saturated rings. The number of aryl methyl sites for hydroxylation is 1. The monoisotopic (exact) mass is 318 g/mol. The van der Waals surface area contributed by atoms with E-state index >= 15 is 0 Å². The van der Waals surface area contributed by atoms with E-state index in [1.54, 1.807) is 18.2 Å². The molecule has 114 valence electrons. The van der Waals surface area contributed by atoms with Gasteiger partial charge in [0.25, 0.3) is 5.91 Å². The second kappa shape index (κ2) is 7.12. The molecule has 1 aromatic heterocycles. The van der Waals surface area contributed by atoms with Crippen molar-refractivity contribution in [3.63, 3.8) is 0 Å². The molecular formula is C16H17ClN3O2+. The lowest BCUT2D eigenvalue weighted by Crippen LogP contribution is -3.08. The van der Waals surface area contributed by atoms with Crippen LogP contribution in [-0.4, -0.2) is 19.5 Å². The van der Waals surface area contributed by atoms with Crippen molar-refractivity contribution in [1.29, 1.82) is 5.26 Å². The largest absolute Gasteiger partial charge is 0.460 e. The van der Waals surface area contributed by atoms with Gasteiger partial charge in [-0.05, 0) is 37.3 Å². The molecule has 0 bridgehead atoms. The van der Waals surface area contributed by atoms with Gasteiger partial charge in [-0.25, -0.2) is 0 Å². The van der Waals surface area contributed by atoms with Gasteiger partial charge in [0.2, 0.25) is 0 Å². The molecule has 0 aliphatic carbocycles. The number of furan rings is 1. The van der Waals surface area contributed by atoms with Gasteiger partial charge in [0.1, 0.15) is 18.4 Å². The number of hydrogen-bond acceptors (Lipinski definition) is 3. The number of carbonyl (C=O) groups is 1. The van der Waals surface area contributed by atoms with E-state index < -0.39 is 0 Å². The first-order chi connectivity index (χ1) is 10.5. The van der Waals surface area contributed by atoms with Crippen LogP contribution in [0.4, 0.5) is 5.69 Å². The summed E-state index contributed by atoms with van der Waals surface area (Å²) in [5.74, 6) is 1.59. The Morgan fingerprint density at radius 3 is 2.77 bits per heavy atom. The molecule has 0 aliphatic rings. The van der Waals surface area contributed by atoms with Crippen molar-refractivity contribution in [3.05, 3.63) is 52.4 Å². The maximum Gasteiger partial charge on any atom is 0.279 e. The first-order valence-electron chi connectivity index (χ1n) is 6.84. The number of anilines is 1. The number of hydrogen-bond donors (Lipinski definition) is 2. The van der Waals surface area contributed by atoms with Crippen LogP contribution >= 0.6 is 11.6 Å². The normalized spacial score (nSPS) is 11.7. The number of amides is 1. The standard InChI is InChI=1S/C16H16ClN3O2/c1-11-3-6-14(22-11)9-20(2)10-16(21)19-13-5-4-12(8-18)15(17)7-13/h3-7H,9-10H2,1-2H3,(H,19,21)/p+1. The highest BCUT2D eigenvalue weighted by Crippen LogP contribution is 2.19. The molecule has 0 saturated heterocycles. The lowest BCUT2D eigenvalue weighted by atomic mass is 10.2. The summed E-state index contributed by atoms with van der Waals surface area (Å²) in [4.78, 5) is 13.0. The summed E-state index contributed by atoms with van der Waals surface area (Å²) >= 11 is 5.94. The maximum atomic E-state index is 12.0. The Morgan fingerprint density at radius 1 is 1.41 bits per heavy atom. The topological polar surface area (TPSA) is 70.5 Å². The molecule has 2 rings (SSSR count). The summed E-state index contributed by atoms with van der Waals surface area (Å²) in [6.45, 7) is 2.83. The fourth-order valence-electron chi connectivity index (χ4n) is 2.10. The average molecular weight is 319 g/mol. The Labute approximate surface area is 134 Å². The number of nitrogens with one attached hydrogen (secondary N) is 2. The Morgan fingerprint density at radius 2 is 2.18 bits per heavy atom. The fraction of sp³-hybridized carbons (Fsp3) is 0.250. The zero-order valence-corrected chi connectivity index (χ0v) is 13.2. The van der Waals surface area contributed by atoms with Gasteiger partial charge in [0.05, 0.1) is 17.6 Å². The second-order valence-corrected chi connectivity index (χ2v) is 5.58. The van der Waals surface area contributed by atoms with E-state index in [0.717, 1.165) is 16.4 Å². The number of nitriles is 1. The minimum absolute atomic E-state index is 0.124. The summed E-state index contributed by atoms with van der Waals surface area (Å²) in [5.41, 5.74) is 0.964. The van der Waals surface area contributed by atoms with E-state index in [9.17, 15) is 4.79 Å². The number of benzene rings is 1. The molecule has 1 aromatic carbocycles. The van der Waals surface area contributed by atoms with Gasteiger partial charge in [0.15, 0.2) is 12.3 Å². The summed E-state index contributed by atoms with van der Waals surface area (Å²) in [7, 11) is 1.92. The van der Waals surface area contributed by atoms with Gasteiger partial charge in [-0.15, -0.1) is 0 Å². The van der Waals surface area contributed by atoms with Crippen molar-refractivity contribution in [1.82, 2.24) is 0 Å². The van der Waals surface area contributed by atoms with Crippen LogP contribution in [0.3, 0.4) is 0 Å². The van der Waals surface area contributed by atoms with Crippen molar-refractivity contribution in [3.8, 4) is 6.07 Å². The first-order valence-corrected chi connectivity index (χ1v) is 7.22. The van der Waals surface area contributed by atoms with Gasteiger partial charge in [0, 0.05) is 5.69 Å². The van der Waals surface area contributed by atoms with E-state index in [1.165, 1.54) is 0 Å². The van der Waals surface area contributed by atoms with Crippen molar-refractivity contribution >= 4 is 23.2 Å². The molecular weight excluding hydrogens is 302 g/mol. The Balaban J connectivity index is 1.89. The Bertz CT molecular complexity index is 718. The van der Waals surface area contributed by atoms with Crippen molar-refractivity contribution in [2.24, 2.45) is 0 Å². The quantitative estimate of drug-likeness (QED) is 0.882. The average Bonchev–Trinajstić information content (AvgIpc) is 2.83. The number of likely N-dealkylation sites (N-methyl/N-ethyl adjacent to an activating group) is 1. The summed E-state index contributed by atoms with van der Waals surface area (Å²) in [5, 5.41) is 11.9. The molecule has 2 N–H and O–H groups in total. The van der Waals surface area contributed by atoms with Gasteiger partial charge < -0.3 is 14.6 Å². The van der Waals surface area contributed by atoms with Crippen LogP contribution in [0.1, 0.15) is 17.1 Å². The number of nitrogens with zero attached hydrogens (tertiary/aromatic N) is 1. The molecule has 1 heterocycles. The smallest absolute Gasteiger partial charge is 0.279 e. The van der Waals surface area contributed by atoms with Crippen LogP contribution in [-0.2, 0) is 11.3 Å². The number of halogens is 1. The van der Waals surface area contributed by atoms with Crippen LogP contribution in [0.5, 0.6) is 0 Å². The number of quaternary nitrogens is 1. The summed E-state index contributed by atoms with van der Waals surface area (Å²) < 4.78 is 5.49. The predicted octanol–water partition coefficient (Wildman–Crippen LogP) is 1.77. The molecule has 0 spiro atoms. The third-order valence-corrected chi connectivity index (χ3v) is 3.42. The van der Waals surface area contributed by atoms with Crippen molar-refractivity contribution in [2.45, 2.75) is 13.5 Å². The predicted molar refractivity (Wildman–Crippen MR) is 83.7 cm³/mol. The molecule has 22 heavy (non-hydrogen) atoms. The van der Waals surface area contributed by atoms with Crippen LogP contribution in [0, 0.1) is 18.3 Å². The van der Waals surface area contributed by atoms with Crippen LogP contribution in [0.2, 0.25) is 5.02 Å². The zero-order chi connectivity index (χ0) is 16.1. The van der Waals surface area contributed by atoms with Gasteiger partial charge in [-0.2, -0.15) is 5.26 Å². The third kappa shape index (κ3) is 4.35. The van der Waals surface area contributed by atoms with Gasteiger partial charge in [-0.3, -0.25) is 4.79 Å². The number of rotatable bonds is 5. The van der Waals surface area contributed by atoms with Crippen LogP contribution < -0.4 is 10.2 Å². The Hall–Kier alpha value is -2.29. The third-order valence-electron chi connectivity index (χ3n) is 3.11. The molecule has 1 atom stereocenters. The molecule has 1 amide bonds. The summed E-state index contributed by atoms with van der Waals surface area (Å²) in [6, 6.07) is 10.6. The molecule has 6 heteroatoms. The molecule has 5 nitrogen and oxygen atoms in total. The fourth-order valence-corrected chi connectivity index (χ4v) is 2.33. The lowest BCUT2D eigenvalue weighted by Gasteiger charge is -2.12. The second-order valence-electron chi connectivity index (χ2n) is 5.18. The first kappa shape index (κ1) is 16.1. The molecule has 0 aliphatic heterocycles. The van der Waals surface area contributed by atoms with Crippen molar-refractivity contribution < 1.29 is 14.1 Å². The highest BCUT2D eigenvalue weighted by Gasteiger charge is 2.13. The van der Waals surface area contributed by atoms with Crippen LogP contribution in [0.15, 0.2) is 34.7 Å². The van der Waals surface area contributed by atoms with Crippen LogP contribution in [0.25, 0.3) is 0 Å². The maximum absolute atomic E-state index is 12.0. The zero-order valence-electron chi connectivity index (χ0n) is 12.4. The molecule has 0 saturated carbocycles. The number of carbonyl (C=O) groups excluding carboxylic acids is 1. The minimum Gasteiger partial charge on any atom is -0.460 e. The van der Waals surface area contributed by atoms with Gasteiger partial charge >= 0.3 is 0 Å². The molecule has 0 radical (unpaired) electrons. The van der Waals surface area contributed by atoms with E-state index in [0.29, 0.717) is 29.4 Å².